The summed E-state index contributed by atoms with van der Waals surface area (Å²) >= 11 is 6.32. The van der Waals surface area contributed by atoms with E-state index in [9.17, 15) is 4.79 Å². The SMILES string of the molecule is Cc1ccc2cc(COC(=O)C(=Cc3ccccc3)n3nnnc3C)c(Cl)nc2c1. The van der Waals surface area contributed by atoms with E-state index in [0.29, 0.717) is 16.5 Å². The second-order valence-electron chi connectivity index (χ2n) is 6.79. The van der Waals surface area contributed by atoms with Crippen molar-refractivity contribution in [3.05, 3.63) is 82.3 Å². The Bertz CT molecular complexity index is 1250. The quantitative estimate of drug-likeness (QED) is 0.273. The molecule has 8 heteroatoms. The molecule has 0 aliphatic carbocycles. The minimum absolute atomic E-state index is 0.0260. The van der Waals surface area contributed by atoms with Crippen molar-refractivity contribution in [2.75, 3.05) is 0 Å². The van der Waals surface area contributed by atoms with Crippen LogP contribution in [0.5, 0.6) is 0 Å². The predicted molar refractivity (Wildman–Crippen MR) is 114 cm³/mol. The van der Waals surface area contributed by atoms with E-state index in [1.54, 1.807) is 13.0 Å². The summed E-state index contributed by atoms with van der Waals surface area (Å²) in [5, 5.41) is 12.6. The van der Waals surface area contributed by atoms with Gasteiger partial charge in [-0.2, -0.15) is 4.68 Å². The van der Waals surface area contributed by atoms with Crippen LogP contribution in [-0.2, 0) is 16.1 Å². The molecule has 30 heavy (non-hydrogen) atoms. The van der Waals surface area contributed by atoms with Gasteiger partial charge < -0.3 is 4.74 Å². The molecular formula is C22H18ClN5O2. The molecule has 4 rings (SSSR count). The second kappa shape index (κ2) is 8.42. The first-order valence-electron chi connectivity index (χ1n) is 9.26. The van der Waals surface area contributed by atoms with Crippen molar-refractivity contribution in [1.82, 2.24) is 25.2 Å². The maximum Gasteiger partial charge on any atom is 0.357 e. The van der Waals surface area contributed by atoms with Crippen LogP contribution in [0.15, 0.2) is 54.6 Å². The van der Waals surface area contributed by atoms with Crippen molar-refractivity contribution in [1.29, 1.82) is 0 Å². The van der Waals surface area contributed by atoms with Crippen LogP contribution in [0.2, 0.25) is 5.15 Å². The first-order valence-corrected chi connectivity index (χ1v) is 9.64. The molecule has 0 aliphatic heterocycles. The molecule has 0 saturated carbocycles. The predicted octanol–water partition coefficient (Wildman–Crippen LogP) is 4.23. The highest BCUT2D eigenvalue weighted by Gasteiger charge is 2.19. The van der Waals surface area contributed by atoms with Crippen LogP contribution in [0.4, 0.5) is 0 Å². The Hall–Kier alpha value is -3.58. The van der Waals surface area contributed by atoms with Gasteiger partial charge >= 0.3 is 5.97 Å². The van der Waals surface area contributed by atoms with E-state index in [2.05, 4.69) is 20.5 Å². The molecule has 2 aromatic heterocycles. The van der Waals surface area contributed by atoms with Gasteiger partial charge in [0, 0.05) is 10.9 Å². The third-order valence-corrected chi connectivity index (χ3v) is 4.85. The summed E-state index contributed by atoms with van der Waals surface area (Å²) in [6.07, 6.45) is 1.68. The Labute approximate surface area is 178 Å². The maximum absolute atomic E-state index is 12.9. The number of ether oxygens (including phenoxy) is 1. The Morgan fingerprint density at radius 1 is 1.13 bits per heavy atom. The van der Waals surface area contributed by atoms with Crippen molar-refractivity contribution >= 4 is 40.2 Å². The summed E-state index contributed by atoms with van der Waals surface area (Å²) < 4.78 is 6.89. The second-order valence-corrected chi connectivity index (χ2v) is 7.15. The highest BCUT2D eigenvalue weighted by Crippen LogP contribution is 2.23. The lowest BCUT2D eigenvalue weighted by molar-refractivity contribution is -0.138. The molecule has 0 unspecified atom stereocenters. The molecule has 0 spiro atoms. The smallest absolute Gasteiger partial charge is 0.357 e. The van der Waals surface area contributed by atoms with Gasteiger partial charge in [-0.3, -0.25) is 0 Å². The fourth-order valence-corrected chi connectivity index (χ4v) is 3.18. The summed E-state index contributed by atoms with van der Waals surface area (Å²) in [4.78, 5) is 17.3. The van der Waals surface area contributed by atoms with Gasteiger partial charge in [0.2, 0.25) is 0 Å². The molecule has 0 saturated heterocycles. The number of carbonyl (C=O) groups is 1. The molecule has 0 aliphatic rings. The Balaban J connectivity index is 1.61. The lowest BCUT2D eigenvalue weighted by atomic mass is 10.1. The van der Waals surface area contributed by atoms with Crippen molar-refractivity contribution in [2.24, 2.45) is 0 Å². The summed E-state index contributed by atoms with van der Waals surface area (Å²) in [5.74, 6) is -0.107. The number of rotatable bonds is 5. The van der Waals surface area contributed by atoms with Crippen LogP contribution in [0.25, 0.3) is 22.7 Å². The fourth-order valence-electron chi connectivity index (χ4n) is 2.98. The number of hydrogen-bond donors (Lipinski definition) is 0. The minimum atomic E-state index is -0.575. The van der Waals surface area contributed by atoms with Crippen LogP contribution in [0.1, 0.15) is 22.5 Å². The Kier molecular flexibility index (Phi) is 5.54. The molecule has 0 radical (unpaired) electrons. The largest absolute Gasteiger partial charge is 0.456 e. The van der Waals surface area contributed by atoms with E-state index < -0.39 is 5.97 Å². The average molecular weight is 420 g/mol. The molecule has 0 fully saturated rings. The highest BCUT2D eigenvalue weighted by molar-refractivity contribution is 6.30. The molecular weight excluding hydrogens is 402 g/mol. The molecule has 2 heterocycles. The van der Waals surface area contributed by atoms with Gasteiger partial charge in [0.05, 0.1) is 5.52 Å². The number of aromatic nitrogens is 5. The van der Waals surface area contributed by atoms with Crippen LogP contribution in [-0.4, -0.2) is 31.2 Å². The third kappa shape index (κ3) is 4.21. The number of aryl methyl sites for hydroxylation is 2. The van der Waals surface area contributed by atoms with E-state index >= 15 is 0 Å². The zero-order valence-corrected chi connectivity index (χ0v) is 17.2. The van der Waals surface area contributed by atoms with E-state index in [4.69, 9.17) is 16.3 Å². The molecule has 150 valence electrons. The lowest BCUT2D eigenvalue weighted by Crippen LogP contribution is -2.15. The lowest BCUT2D eigenvalue weighted by Gasteiger charge is -2.11. The fraction of sp³-hybridized carbons (Fsp3) is 0.136. The first kappa shape index (κ1) is 19.7. The number of esters is 1. The normalized spacial score (nSPS) is 11.6. The number of nitrogens with zero attached hydrogens (tertiary/aromatic N) is 5. The van der Waals surface area contributed by atoms with Crippen molar-refractivity contribution in [3.63, 3.8) is 0 Å². The number of fused-ring (bicyclic) bond motifs is 1. The molecule has 0 amide bonds. The average Bonchev–Trinajstić information content (AvgIpc) is 3.16. The molecule has 2 aromatic carbocycles. The van der Waals surface area contributed by atoms with Crippen LogP contribution >= 0.6 is 11.6 Å². The summed E-state index contributed by atoms with van der Waals surface area (Å²) in [6, 6.07) is 17.2. The number of tetrazole rings is 1. The van der Waals surface area contributed by atoms with Gasteiger partial charge in [0.1, 0.15) is 11.8 Å². The summed E-state index contributed by atoms with van der Waals surface area (Å²) in [6.45, 7) is 3.67. The van der Waals surface area contributed by atoms with Gasteiger partial charge in [-0.1, -0.05) is 54.1 Å². The number of benzene rings is 2. The maximum atomic E-state index is 12.9. The highest BCUT2D eigenvalue weighted by atomic mass is 35.5. The van der Waals surface area contributed by atoms with E-state index in [1.807, 2.05) is 61.5 Å². The van der Waals surface area contributed by atoms with Crippen molar-refractivity contribution < 1.29 is 9.53 Å². The monoisotopic (exact) mass is 419 g/mol. The van der Waals surface area contributed by atoms with Gasteiger partial charge in [-0.05, 0) is 53.6 Å². The summed E-state index contributed by atoms with van der Waals surface area (Å²) in [7, 11) is 0. The zero-order chi connectivity index (χ0) is 21.1. The Morgan fingerprint density at radius 3 is 2.67 bits per heavy atom. The Morgan fingerprint density at radius 2 is 1.93 bits per heavy atom. The minimum Gasteiger partial charge on any atom is -0.456 e. The number of carbonyl (C=O) groups excluding carboxylic acids is 1. The zero-order valence-electron chi connectivity index (χ0n) is 16.4. The molecule has 7 nitrogen and oxygen atoms in total. The van der Waals surface area contributed by atoms with Crippen LogP contribution in [0.3, 0.4) is 0 Å². The van der Waals surface area contributed by atoms with Gasteiger partial charge in [0.15, 0.2) is 11.5 Å². The van der Waals surface area contributed by atoms with Crippen LogP contribution < -0.4 is 0 Å². The van der Waals surface area contributed by atoms with Gasteiger partial charge in [0.25, 0.3) is 0 Å². The van der Waals surface area contributed by atoms with E-state index in [-0.39, 0.29) is 12.3 Å². The number of hydrogen-bond acceptors (Lipinski definition) is 6. The molecule has 4 aromatic rings. The molecule has 0 bridgehead atoms. The van der Waals surface area contributed by atoms with Crippen molar-refractivity contribution in [2.45, 2.75) is 20.5 Å². The van der Waals surface area contributed by atoms with Gasteiger partial charge in [-0.15, -0.1) is 5.10 Å². The van der Waals surface area contributed by atoms with Gasteiger partial charge in [-0.25, -0.2) is 9.78 Å². The number of halogens is 1. The topological polar surface area (TPSA) is 82.8 Å². The third-order valence-electron chi connectivity index (χ3n) is 4.52. The van der Waals surface area contributed by atoms with Crippen LogP contribution in [0, 0.1) is 13.8 Å². The van der Waals surface area contributed by atoms with Crippen molar-refractivity contribution in [3.8, 4) is 0 Å². The first-order chi connectivity index (χ1) is 14.5. The summed E-state index contributed by atoms with van der Waals surface area (Å²) in [5.41, 5.74) is 3.53. The molecule has 0 atom stereocenters. The van der Waals surface area contributed by atoms with E-state index in [0.717, 1.165) is 22.0 Å². The number of pyridine rings is 1. The molecule has 0 N–H and O–H groups in total. The standard InChI is InChI=1S/C22H18ClN5O2/c1-14-8-9-17-12-18(21(23)24-19(17)10-14)13-30-22(29)20(28-15(2)25-26-27-28)11-16-6-4-3-5-7-16/h3-12H,13H2,1-2H3. The van der Waals surface area contributed by atoms with E-state index in [1.165, 1.54) is 4.68 Å².